The summed E-state index contributed by atoms with van der Waals surface area (Å²) in [6.45, 7) is 8.87. The first-order chi connectivity index (χ1) is 15.8. The van der Waals surface area contributed by atoms with Crippen LogP contribution in [0.3, 0.4) is 0 Å². The van der Waals surface area contributed by atoms with E-state index >= 15 is 0 Å². The second-order valence-corrected chi connectivity index (χ2v) is 10.5. The largest absolute Gasteiger partial charge is 0.338 e. The summed E-state index contributed by atoms with van der Waals surface area (Å²) >= 11 is 1.67. The van der Waals surface area contributed by atoms with Crippen LogP contribution in [0.15, 0.2) is 57.9 Å². The molecule has 1 amide bonds. The Morgan fingerprint density at radius 2 is 1.88 bits per heavy atom. The van der Waals surface area contributed by atoms with Gasteiger partial charge in [0.1, 0.15) is 0 Å². The quantitative estimate of drug-likeness (QED) is 0.478. The van der Waals surface area contributed by atoms with Crippen molar-refractivity contribution in [1.29, 1.82) is 0 Å². The molecule has 33 heavy (non-hydrogen) atoms. The van der Waals surface area contributed by atoms with Crippen LogP contribution in [-0.2, 0) is 16.8 Å². The number of piperidine rings is 1. The molecule has 1 N–H and O–H groups in total. The number of rotatable bonds is 6. The van der Waals surface area contributed by atoms with Crippen LogP contribution in [0.2, 0.25) is 0 Å². The molecule has 7 heteroatoms. The van der Waals surface area contributed by atoms with Gasteiger partial charge in [-0.05, 0) is 61.4 Å². The average molecular weight is 465 g/mol. The fraction of sp³-hybridized carbons (Fsp3) is 0.423. The number of carbonyl (C=O) groups excluding carboxylic acids is 1. The molecular weight excluding hydrogens is 432 g/mol. The predicted octanol–water partition coefficient (Wildman–Crippen LogP) is 5.61. The van der Waals surface area contributed by atoms with Gasteiger partial charge < -0.3 is 9.84 Å². The van der Waals surface area contributed by atoms with Gasteiger partial charge in [-0.15, -0.1) is 11.8 Å². The molecule has 2 heterocycles. The van der Waals surface area contributed by atoms with Crippen molar-refractivity contribution in [1.82, 2.24) is 15.0 Å². The highest BCUT2D eigenvalue weighted by molar-refractivity contribution is 7.98. The highest BCUT2D eigenvalue weighted by Gasteiger charge is 2.26. The molecule has 0 bridgehead atoms. The van der Waals surface area contributed by atoms with E-state index in [9.17, 15) is 4.79 Å². The summed E-state index contributed by atoms with van der Waals surface area (Å²) in [5.74, 6) is 1.36. The lowest BCUT2D eigenvalue weighted by Crippen LogP contribution is -2.37. The minimum absolute atomic E-state index is 0.0266. The normalized spacial score (nSPS) is 15.5. The Bertz CT molecular complexity index is 1080. The molecule has 1 aliphatic rings. The molecule has 4 rings (SSSR count). The molecule has 0 aliphatic carbocycles. The van der Waals surface area contributed by atoms with Crippen molar-refractivity contribution in [2.75, 3.05) is 24.7 Å². The number of amides is 1. The monoisotopic (exact) mass is 464 g/mol. The molecule has 0 radical (unpaired) electrons. The SMILES string of the molecule is CSc1cccc(NC(=O)C2CCN(Cc3nc(-c4ccc(C(C)(C)C)cc4)no3)CC2)c1. The summed E-state index contributed by atoms with van der Waals surface area (Å²) in [5, 5.41) is 7.24. The van der Waals surface area contributed by atoms with Crippen molar-refractivity contribution in [3.8, 4) is 11.4 Å². The summed E-state index contributed by atoms with van der Waals surface area (Å²) in [7, 11) is 0. The molecular formula is C26H32N4O2S. The van der Waals surface area contributed by atoms with Crippen LogP contribution in [0, 0.1) is 5.92 Å². The summed E-state index contributed by atoms with van der Waals surface area (Å²) < 4.78 is 5.51. The topological polar surface area (TPSA) is 71.3 Å². The van der Waals surface area contributed by atoms with Crippen LogP contribution < -0.4 is 5.32 Å². The van der Waals surface area contributed by atoms with E-state index in [1.54, 1.807) is 11.8 Å². The van der Waals surface area contributed by atoms with E-state index in [0.29, 0.717) is 18.3 Å². The van der Waals surface area contributed by atoms with Crippen molar-refractivity contribution < 1.29 is 9.32 Å². The minimum Gasteiger partial charge on any atom is -0.338 e. The lowest BCUT2D eigenvalue weighted by atomic mass is 9.87. The zero-order valence-electron chi connectivity index (χ0n) is 19.8. The Morgan fingerprint density at radius 3 is 2.55 bits per heavy atom. The number of benzene rings is 2. The van der Waals surface area contributed by atoms with E-state index in [2.05, 4.69) is 53.3 Å². The Kier molecular flexibility index (Phi) is 7.20. The van der Waals surface area contributed by atoms with Gasteiger partial charge in [-0.2, -0.15) is 4.98 Å². The predicted molar refractivity (Wildman–Crippen MR) is 133 cm³/mol. The first-order valence-electron chi connectivity index (χ1n) is 11.4. The maximum Gasteiger partial charge on any atom is 0.241 e. The molecule has 0 saturated carbocycles. The fourth-order valence-electron chi connectivity index (χ4n) is 4.05. The van der Waals surface area contributed by atoms with E-state index in [1.165, 1.54) is 5.56 Å². The van der Waals surface area contributed by atoms with Gasteiger partial charge in [0.2, 0.25) is 17.6 Å². The van der Waals surface area contributed by atoms with Crippen LogP contribution in [0.25, 0.3) is 11.4 Å². The fourth-order valence-corrected chi connectivity index (χ4v) is 4.50. The maximum absolute atomic E-state index is 12.7. The number of nitrogens with one attached hydrogen (secondary N) is 1. The standard InChI is InChI=1S/C26H32N4O2S/c1-26(2,3)20-10-8-18(9-11-20)24-28-23(32-29-24)17-30-14-12-19(13-15-30)25(31)27-21-6-5-7-22(16-21)33-4/h5-11,16,19H,12-15,17H2,1-4H3,(H,27,31). The lowest BCUT2D eigenvalue weighted by molar-refractivity contribution is -0.121. The number of hydrogen-bond acceptors (Lipinski definition) is 6. The third-order valence-electron chi connectivity index (χ3n) is 6.13. The Labute approximate surface area is 200 Å². The molecule has 174 valence electrons. The van der Waals surface area contributed by atoms with E-state index in [1.807, 2.05) is 42.7 Å². The summed E-state index contributed by atoms with van der Waals surface area (Å²) in [6.07, 6.45) is 3.68. The number of likely N-dealkylation sites (tertiary alicyclic amines) is 1. The van der Waals surface area contributed by atoms with Gasteiger partial charge in [0, 0.05) is 22.1 Å². The Morgan fingerprint density at radius 1 is 1.15 bits per heavy atom. The first kappa shape index (κ1) is 23.5. The van der Waals surface area contributed by atoms with Crippen molar-refractivity contribution in [3.05, 3.63) is 60.0 Å². The van der Waals surface area contributed by atoms with Gasteiger partial charge in [-0.3, -0.25) is 9.69 Å². The number of thioether (sulfide) groups is 1. The van der Waals surface area contributed by atoms with Crippen molar-refractivity contribution in [2.45, 2.75) is 50.5 Å². The number of anilines is 1. The molecule has 0 unspecified atom stereocenters. The zero-order chi connectivity index (χ0) is 23.4. The molecule has 1 saturated heterocycles. The third kappa shape index (κ3) is 6.03. The molecule has 6 nitrogen and oxygen atoms in total. The molecule has 1 aromatic heterocycles. The number of hydrogen-bond donors (Lipinski definition) is 1. The molecule has 1 fully saturated rings. The van der Waals surface area contributed by atoms with E-state index < -0.39 is 0 Å². The summed E-state index contributed by atoms with van der Waals surface area (Å²) in [6, 6.07) is 16.3. The number of nitrogens with zero attached hydrogens (tertiary/aromatic N) is 3. The van der Waals surface area contributed by atoms with E-state index in [4.69, 9.17) is 4.52 Å². The van der Waals surface area contributed by atoms with Gasteiger partial charge in [0.15, 0.2) is 0 Å². The lowest BCUT2D eigenvalue weighted by Gasteiger charge is -2.30. The van der Waals surface area contributed by atoms with Gasteiger partial charge >= 0.3 is 0 Å². The van der Waals surface area contributed by atoms with E-state index in [-0.39, 0.29) is 17.2 Å². The zero-order valence-corrected chi connectivity index (χ0v) is 20.6. The summed E-state index contributed by atoms with van der Waals surface area (Å²) in [5.41, 5.74) is 3.21. The van der Waals surface area contributed by atoms with Gasteiger partial charge in [0.25, 0.3) is 0 Å². The van der Waals surface area contributed by atoms with E-state index in [0.717, 1.165) is 42.1 Å². The highest BCUT2D eigenvalue weighted by atomic mass is 32.2. The minimum atomic E-state index is 0.0266. The molecule has 1 aliphatic heterocycles. The second-order valence-electron chi connectivity index (χ2n) is 9.61. The van der Waals surface area contributed by atoms with Gasteiger partial charge in [-0.1, -0.05) is 56.3 Å². The van der Waals surface area contributed by atoms with Crippen LogP contribution >= 0.6 is 11.8 Å². The van der Waals surface area contributed by atoms with Crippen LogP contribution in [0.1, 0.15) is 45.1 Å². The van der Waals surface area contributed by atoms with Crippen LogP contribution in [0.5, 0.6) is 0 Å². The Hall–Kier alpha value is -2.64. The van der Waals surface area contributed by atoms with Crippen molar-refractivity contribution in [2.24, 2.45) is 5.92 Å². The Balaban J connectivity index is 1.29. The smallest absolute Gasteiger partial charge is 0.241 e. The number of carbonyl (C=O) groups is 1. The molecule has 0 spiro atoms. The molecule has 2 aromatic carbocycles. The van der Waals surface area contributed by atoms with Crippen molar-refractivity contribution in [3.63, 3.8) is 0 Å². The second kappa shape index (κ2) is 10.1. The van der Waals surface area contributed by atoms with Crippen LogP contribution in [-0.4, -0.2) is 40.3 Å². The maximum atomic E-state index is 12.7. The van der Waals surface area contributed by atoms with Gasteiger partial charge in [-0.25, -0.2) is 0 Å². The molecule has 3 aromatic rings. The first-order valence-corrected chi connectivity index (χ1v) is 12.6. The van der Waals surface area contributed by atoms with Crippen LogP contribution in [0.4, 0.5) is 5.69 Å². The summed E-state index contributed by atoms with van der Waals surface area (Å²) in [4.78, 5) is 20.7. The average Bonchev–Trinajstić information content (AvgIpc) is 3.27. The van der Waals surface area contributed by atoms with Gasteiger partial charge in [0.05, 0.1) is 6.54 Å². The highest BCUT2D eigenvalue weighted by Crippen LogP contribution is 2.26. The molecule has 0 atom stereocenters. The number of aromatic nitrogens is 2. The third-order valence-corrected chi connectivity index (χ3v) is 6.86. The van der Waals surface area contributed by atoms with Crippen molar-refractivity contribution >= 4 is 23.4 Å².